The van der Waals surface area contributed by atoms with Crippen molar-refractivity contribution >= 4 is 28.5 Å². The molecule has 0 bridgehead atoms. The fraction of sp³-hybridized carbons (Fsp3) is 0.105. The summed E-state index contributed by atoms with van der Waals surface area (Å²) in [5, 5.41) is 12.3. The molecule has 1 heterocycles. The van der Waals surface area contributed by atoms with E-state index in [1.165, 1.54) is 25.3 Å². The number of carbonyl (C=O) groups excluding carboxylic acids is 1. The van der Waals surface area contributed by atoms with Gasteiger partial charge in [0.2, 0.25) is 0 Å². The van der Waals surface area contributed by atoms with Gasteiger partial charge in [-0.15, -0.1) is 0 Å². The van der Waals surface area contributed by atoms with E-state index in [0.29, 0.717) is 28.0 Å². The molecule has 0 spiro atoms. The summed E-state index contributed by atoms with van der Waals surface area (Å²) in [7, 11) is 1.51. The molecule has 0 saturated heterocycles. The Morgan fingerprint density at radius 3 is 2.58 bits per heavy atom. The number of hydrogen-bond donors (Lipinski definition) is 2. The van der Waals surface area contributed by atoms with Gasteiger partial charge in [-0.3, -0.25) is 4.79 Å². The van der Waals surface area contributed by atoms with Crippen LogP contribution in [0.15, 0.2) is 51.7 Å². The molecule has 3 rings (SSSR count). The number of methoxy groups -OCH3 is 1. The highest BCUT2D eigenvalue weighted by Crippen LogP contribution is 2.22. The van der Waals surface area contributed by atoms with Crippen LogP contribution in [0.1, 0.15) is 26.3 Å². The maximum atomic E-state index is 12.5. The number of nitrogens with one attached hydrogen (secondary N) is 1. The quantitative estimate of drug-likeness (QED) is 0.698. The first kappa shape index (κ1) is 17.2. The van der Waals surface area contributed by atoms with E-state index in [0.717, 1.165) is 0 Å². The molecule has 7 heteroatoms. The Labute approximate surface area is 147 Å². The second kappa shape index (κ2) is 6.72. The van der Waals surface area contributed by atoms with Gasteiger partial charge >= 0.3 is 11.6 Å². The zero-order valence-corrected chi connectivity index (χ0v) is 14.0. The second-order valence-electron chi connectivity index (χ2n) is 5.59. The lowest BCUT2D eigenvalue weighted by Crippen LogP contribution is -2.21. The lowest BCUT2D eigenvalue weighted by Gasteiger charge is -2.10. The lowest BCUT2D eigenvalue weighted by atomic mass is 10.1. The predicted molar refractivity (Wildman–Crippen MR) is 95.1 cm³/mol. The van der Waals surface area contributed by atoms with Crippen molar-refractivity contribution in [2.24, 2.45) is 0 Å². The number of carboxylic acids is 1. The van der Waals surface area contributed by atoms with Crippen LogP contribution >= 0.6 is 0 Å². The zero-order chi connectivity index (χ0) is 18.8. The summed E-state index contributed by atoms with van der Waals surface area (Å²) < 4.78 is 10.3. The van der Waals surface area contributed by atoms with Gasteiger partial charge in [0, 0.05) is 11.1 Å². The number of benzene rings is 2. The van der Waals surface area contributed by atoms with E-state index in [9.17, 15) is 14.4 Å². The molecule has 3 aromatic rings. The van der Waals surface area contributed by atoms with Gasteiger partial charge < -0.3 is 19.6 Å². The number of rotatable bonds is 4. The summed E-state index contributed by atoms with van der Waals surface area (Å²) in [5.74, 6) is -1.23. The predicted octanol–water partition coefficient (Wildman–Crippen LogP) is 3.06. The van der Waals surface area contributed by atoms with Crippen molar-refractivity contribution < 1.29 is 23.8 Å². The Morgan fingerprint density at radius 2 is 1.88 bits per heavy atom. The normalized spacial score (nSPS) is 10.5. The van der Waals surface area contributed by atoms with E-state index in [2.05, 4.69) is 5.32 Å². The van der Waals surface area contributed by atoms with Gasteiger partial charge in [-0.05, 0) is 48.9 Å². The summed E-state index contributed by atoms with van der Waals surface area (Å²) in [6.45, 7) is 1.58. The third-order valence-corrected chi connectivity index (χ3v) is 4.00. The maximum Gasteiger partial charge on any atom is 0.349 e. The highest BCUT2D eigenvalue weighted by atomic mass is 16.5. The summed E-state index contributed by atoms with van der Waals surface area (Å²) in [6.07, 6.45) is 0. The van der Waals surface area contributed by atoms with Gasteiger partial charge in [-0.25, -0.2) is 9.59 Å². The summed E-state index contributed by atoms with van der Waals surface area (Å²) in [6, 6.07) is 10.8. The summed E-state index contributed by atoms with van der Waals surface area (Å²) in [4.78, 5) is 35.8. The molecule has 2 aromatic carbocycles. The van der Waals surface area contributed by atoms with Crippen molar-refractivity contribution in [2.45, 2.75) is 6.92 Å². The number of aromatic carboxylic acids is 1. The summed E-state index contributed by atoms with van der Waals surface area (Å²) in [5.41, 5.74) is 0.118. The molecular weight excluding hydrogens is 338 g/mol. The molecule has 2 N–H and O–H groups in total. The summed E-state index contributed by atoms with van der Waals surface area (Å²) >= 11 is 0. The minimum Gasteiger partial charge on any atom is -0.497 e. The highest BCUT2D eigenvalue weighted by Gasteiger charge is 2.17. The Morgan fingerprint density at radius 1 is 1.12 bits per heavy atom. The first-order valence-electron chi connectivity index (χ1n) is 7.67. The first-order chi connectivity index (χ1) is 12.4. The van der Waals surface area contributed by atoms with Crippen LogP contribution in [-0.4, -0.2) is 24.1 Å². The molecule has 132 valence electrons. The minimum absolute atomic E-state index is 0.0677. The molecule has 0 aliphatic heterocycles. The molecule has 0 fully saturated rings. The molecule has 1 aromatic heterocycles. The molecule has 0 aliphatic carbocycles. The average Bonchev–Trinajstić information content (AvgIpc) is 2.62. The molecule has 1 amide bonds. The average molecular weight is 353 g/mol. The number of amides is 1. The van der Waals surface area contributed by atoms with Crippen LogP contribution in [0.4, 0.5) is 5.69 Å². The van der Waals surface area contributed by atoms with Gasteiger partial charge in [-0.1, -0.05) is 6.07 Å². The van der Waals surface area contributed by atoms with Crippen molar-refractivity contribution in [3.8, 4) is 5.75 Å². The van der Waals surface area contributed by atoms with E-state index in [1.807, 2.05) is 0 Å². The Bertz CT molecular complexity index is 1080. The maximum absolute atomic E-state index is 12.5. The Balaban J connectivity index is 2.00. The van der Waals surface area contributed by atoms with Crippen LogP contribution in [-0.2, 0) is 0 Å². The van der Waals surface area contributed by atoms with E-state index in [1.54, 1.807) is 31.2 Å². The standard InChI is InChI=1S/C19H15NO6/c1-10-13(18(22)23)4-3-5-15(10)20-17(21)14-9-11-8-12(25-2)6-7-16(11)26-19(14)24/h3-9H,1-2H3,(H,20,21)(H,22,23). The molecule has 7 nitrogen and oxygen atoms in total. The zero-order valence-electron chi connectivity index (χ0n) is 14.0. The molecule has 0 unspecified atom stereocenters. The Hall–Kier alpha value is -3.61. The van der Waals surface area contributed by atoms with E-state index in [-0.39, 0.29) is 11.1 Å². The SMILES string of the molecule is COc1ccc2oc(=O)c(C(=O)Nc3cccc(C(=O)O)c3C)cc2c1. The van der Waals surface area contributed by atoms with E-state index in [4.69, 9.17) is 14.3 Å². The fourth-order valence-electron chi connectivity index (χ4n) is 2.58. The number of hydrogen-bond acceptors (Lipinski definition) is 5. The number of fused-ring (bicyclic) bond motifs is 1. The van der Waals surface area contributed by atoms with E-state index >= 15 is 0 Å². The topological polar surface area (TPSA) is 106 Å². The molecule has 26 heavy (non-hydrogen) atoms. The first-order valence-corrected chi connectivity index (χ1v) is 7.67. The highest BCUT2D eigenvalue weighted by molar-refractivity contribution is 6.06. The van der Waals surface area contributed by atoms with Crippen LogP contribution in [0.5, 0.6) is 5.75 Å². The number of ether oxygens (including phenoxy) is 1. The van der Waals surface area contributed by atoms with Gasteiger partial charge in [0.25, 0.3) is 5.91 Å². The smallest absolute Gasteiger partial charge is 0.349 e. The molecule has 0 atom stereocenters. The van der Waals surface area contributed by atoms with Crippen LogP contribution < -0.4 is 15.7 Å². The van der Waals surface area contributed by atoms with Crippen LogP contribution in [0.2, 0.25) is 0 Å². The number of anilines is 1. The van der Waals surface area contributed by atoms with Crippen molar-refractivity contribution in [1.29, 1.82) is 0 Å². The minimum atomic E-state index is -1.10. The molecular formula is C19H15NO6. The molecule has 0 radical (unpaired) electrons. The Kier molecular flexibility index (Phi) is 4.45. The van der Waals surface area contributed by atoms with Crippen molar-refractivity contribution in [3.05, 3.63) is 69.6 Å². The van der Waals surface area contributed by atoms with E-state index < -0.39 is 17.5 Å². The van der Waals surface area contributed by atoms with Crippen molar-refractivity contribution in [1.82, 2.24) is 0 Å². The third-order valence-electron chi connectivity index (χ3n) is 4.00. The van der Waals surface area contributed by atoms with Gasteiger partial charge in [0.1, 0.15) is 16.9 Å². The molecule has 0 saturated carbocycles. The number of carbonyl (C=O) groups is 2. The van der Waals surface area contributed by atoms with Crippen LogP contribution in [0.3, 0.4) is 0 Å². The van der Waals surface area contributed by atoms with Crippen molar-refractivity contribution in [2.75, 3.05) is 12.4 Å². The van der Waals surface area contributed by atoms with Crippen LogP contribution in [0.25, 0.3) is 11.0 Å². The fourth-order valence-corrected chi connectivity index (χ4v) is 2.58. The van der Waals surface area contributed by atoms with Crippen molar-refractivity contribution in [3.63, 3.8) is 0 Å². The third kappa shape index (κ3) is 3.14. The largest absolute Gasteiger partial charge is 0.497 e. The molecule has 0 aliphatic rings. The van der Waals surface area contributed by atoms with Crippen LogP contribution in [0, 0.1) is 6.92 Å². The lowest BCUT2D eigenvalue weighted by molar-refractivity contribution is 0.0695. The monoisotopic (exact) mass is 353 g/mol. The van der Waals surface area contributed by atoms with Gasteiger partial charge in [0.15, 0.2) is 0 Å². The van der Waals surface area contributed by atoms with Gasteiger partial charge in [-0.2, -0.15) is 0 Å². The second-order valence-corrected chi connectivity index (χ2v) is 5.59. The number of carboxylic acid groups (broad SMARTS) is 1. The van der Waals surface area contributed by atoms with Gasteiger partial charge in [0.05, 0.1) is 12.7 Å².